The molecular formula is C12H20O2. The van der Waals surface area contributed by atoms with Gasteiger partial charge in [-0.15, -0.1) is 11.8 Å². The highest BCUT2D eigenvalue weighted by atomic mass is 16.5. The molecule has 0 aromatic carbocycles. The normalized spacial score (nSPS) is 9.00. The minimum atomic E-state index is -0.0955. The van der Waals surface area contributed by atoms with Gasteiger partial charge in [0, 0.05) is 12.8 Å². The molecule has 0 spiro atoms. The molecule has 0 saturated carbocycles. The summed E-state index contributed by atoms with van der Waals surface area (Å²) in [6, 6.07) is 0. The van der Waals surface area contributed by atoms with Gasteiger partial charge in [0.1, 0.15) is 0 Å². The Balaban J connectivity index is 3.05. The summed E-state index contributed by atoms with van der Waals surface area (Å²) in [4.78, 5) is 10.7. The van der Waals surface area contributed by atoms with Gasteiger partial charge in [-0.1, -0.05) is 19.3 Å². The molecule has 0 heterocycles. The van der Waals surface area contributed by atoms with Gasteiger partial charge in [0.2, 0.25) is 0 Å². The number of unbranched alkanes of at least 4 members (excludes halogenated alkanes) is 5. The Morgan fingerprint density at radius 3 is 2.43 bits per heavy atom. The number of hydrogen-bond donors (Lipinski definition) is 0. The average molecular weight is 196 g/mol. The van der Waals surface area contributed by atoms with Crippen molar-refractivity contribution in [2.45, 2.75) is 51.9 Å². The summed E-state index contributed by atoms with van der Waals surface area (Å²) in [5, 5.41) is 0. The van der Waals surface area contributed by atoms with Gasteiger partial charge < -0.3 is 4.74 Å². The van der Waals surface area contributed by atoms with Crippen molar-refractivity contribution in [3.05, 3.63) is 0 Å². The summed E-state index contributed by atoms with van der Waals surface area (Å²) in [7, 11) is 1.44. The van der Waals surface area contributed by atoms with Crippen LogP contribution in [0.2, 0.25) is 0 Å². The highest BCUT2D eigenvalue weighted by molar-refractivity contribution is 5.68. The van der Waals surface area contributed by atoms with Crippen LogP contribution in [-0.4, -0.2) is 13.1 Å². The van der Waals surface area contributed by atoms with Crippen LogP contribution in [0.5, 0.6) is 0 Å². The van der Waals surface area contributed by atoms with Crippen LogP contribution in [0, 0.1) is 11.8 Å². The molecule has 0 aliphatic heterocycles. The number of ether oxygens (including phenoxy) is 1. The van der Waals surface area contributed by atoms with Crippen LogP contribution >= 0.6 is 0 Å². The van der Waals surface area contributed by atoms with E-state index in [-0.39, 0.29) is 5.97 Å². The predicted molar refractivity (Wildman–Crippen MR) is 57.8 cm³/mol. The highest BCUT2D eigenvalue weighted by Gasteiger charge is 1.98. The third kappa shape index (κ3) is 9.12. The Morgan fingerprint density at radius 2 is 1.79 bits per heavy atom. The molecule has 0 aromatic heterocycles. The lowest BCUT2D eigenvalue weighted by Gasteiger charge is -1.99. The number of methoxy groups -OCH3 is 1. The average Bonchev–Trinajstić information content (AvgIpc) is 2.21. The zero-order chi connectivity index (χ0) is 10.6. The predicted octanol–water partition coefficient (Wildman–Crippen LogP) is 2.91. The van der Waals surface area contributed by atoms with E-state index >= 15 is 0 Å². The van der Waals surface area contributed by atoms with Crippen molar-refractivity contribution in [3.8, 4) is 11.8 Å². The van der Waals surface area contributed by atoms with Crippen molar-refractivity contribution in [2.75, 3.05) is 7.11 Å². The molecule has 0 amide bonds. The van der Waals surface area contributed by atoms with Crippen LogP contribution < -0.4 is 0 Å². The Kier molecular flexibility index (Phi) is 9.41. The molecule has 0 aromatic rings. The lowest BCUT2D eigenvalue weighted by Crippen LogP contribution is -1.98. The maximum Gasteiger partial charge on any atom is 0.305 e. The third-order valence-corrected chi connectivity index (χ3v) is 2.09. The number of rotatable bonds is 7. The van der Waals surface area contributed by atoms with Crippen molar-refractivity contribution in [3.63, 3.8) is 0 Å². The molecule has 0 rings (SSSR count). The molecule has 0 saturated heterocycles. The SMILES string of the molecule is CC#CCCCCCCCC(=O)OC. The minimum absolute atomic E-state index is 0.0955. The second kappa shape index (κ2) is 10.1. The fourth-order valence-corrected chi connectivity index (χ4v) is 1.24. The molecule has 0 radical (unpaired) electrons. The molecule has 0 aliphatic rings. The quantitative estimate of drug-likeness (QED) is 0.355. The van der Waals surface area contributed by atoms with E-state index in [0.717, 1.165) is 19.3 Å². The van der Waals surface area contributed by atoms with Gasteiger partial charge in [-0.2, -0.15) is 0 Å². The second-order valence-electron chi connectivity index (χ2n) is 3.27. The first kappa shape index (κ1) is 13.0. The number of esters is 1. The summed E-state index contributed by atoms with van der Waals surface area (Å²) in [6.07, 6.45) is 7.23. The van der Waals surface area contributed by atoms with Crippen LogP contribution in [0.3, 0.4) is 0 Å². The van der Waals surface area contributed by atoms with Crippen LogP contribution in [-0.2, 0) is 9.53 Å². The standard InChI is InChI=1S/C12H20O2/c1-3-4-5-6-7-8-9-10-11-12(13)14-2/h5-11H2,1-2H3. The minimum Gasteiger partial charge on any atom is -0.469 e. The van der Waals surface area contributed by atoms with Crippen molar-refractivity contribution in [1.29, 1.82) is 0 Å². The van der Waals surface area contributed by atoms with E-state index in [0.29, 0.717) is 6.42 Å². The van der Waals surface area contributed by atoms with Crippen LogP contribution in [0.25, 0.3) is 0 Å². The fourth-order valence-electron chi connectivity index (χ4n) is 1.24. The molecule has 0 unspecified atom stereocenters. The molecule has 0 fully saturated rings. The van der Waals surface area contributed by atoms with Gasteiger partial charge in [0.15, 0.2) is 0 Å². The monoisotopic (exact) mass is 196 g/mol. The number of hydrogen-bond acceptors (Lipinski definition) is 2. The summed E-state index contributed by atoms with van der Waals surface area (Å²) in [5.74, 6) is 5.83. The summed E-state index contributed by atoms with van der Waals surface area (Å²) >= 11 is 0. The number of carbonyl (C=O) groups is 1. The zero-order valence-electron chi connectivity index (χ0n) is 9.27. The van der Waals surface area contributed by atoms with E-state index in [1.807, 2.05) is 6.92 Å². The molecule has 0 aliphatic carbocycles. The first-order chi connectivity index (χ1) is 6.81. The van der Waals surface area contributed by atoms with Crippen molar-refractivity contribution >= 4 is 5.97 Å². The van der Waals surface area contributed by atoms with Crippen molar-refractivity contribution in [1.82, 2.24) is 0 Å². The van der Waals surface area contributed by atoms with Gasteiger partial charge in [-0.3, -0.25) is 4.79 Å². The van der Waals surface area contributed by atoms with Crippen LogP contribution in [0.1, 0.15) is 51.9 Å². The van der Waals surface area contributed by atoms with Crippen LogP contribution in [0.15, 0.2) is 0 Å². The smallest absolute Gasteiger partial charge is 0.305 e. The zero-order valence-corrected chi connectivity index (χ0v) is 9.27. The van der Waals surface area contributed by atoms with E-state index in [2.05, 4.69) is 16.6 Å². The van der Waals surface area contributed by atoms with E-state index < -0.39 is 0 Å². The molecule has 0 bridgehead atoms. The molecule has 2 nitrogen and oxygen atoms in total. The van der Waals surface area contributed by atoms with Gasteiger partial charge in [-0.05, 0) is 19.8 Å². The first-order valence-electron chi connectivity index (χ1n) is 5.27. The molecular weight excluding hydrogens is 176 g/mol. The highest BCUT2D eigenvalue weighted by Crippen LogP contribution is 2.07. The summed E-state index contributed by atoms with van der Waals surface area (Å²) in [6.45, 7) is 1.87. The topological polar surface area (TPSA) is 26.3 Å². The van der Waals surface area contributed by atoms with E-state index in [1.165, 1.54) is 26.4 Å². The van der Waals surface area contributed by atoms with Crippen molar-refractivity contribution in [2.24, 2.45) is 0 Å². The first-order valence-corrected chi connectivity index (χ1v) is 5.27. The van der Waals surface area contributed by atoms with Gasteiger partial charge in [0.05, 0.1) is 7.11 Å². The van der Waals surface area contributed by atoms with Gasteiger partial charge in [-0.25, -0.2) is 0 Å². The Bertz CT molecular complexity index is 198. The van der Waals surface area contributed by atoms with E-state index in [9.17, 15) is 4.79 Å². The molecule has 80 valence electrons. The largest absolute Gasteiger partial charge is 0.469 e. The summed E-state index contributed by atoms with van der Waals surface area (Å²) < 4.78 is 4.55. The maximum absolute atomic E-state index is 10.7. The van der Waals surface area contributed by atoms with Gasteiger partial charge >= 0.3 is 5.97 Å². The van der Waals surface area contributed by atoms with Crippen LogP contribution in [0.4, 0.5) is 0 Å². The second-order valence-corrected chi connectivity index (χ2v) is 3.27. The third-order valence-electron chi connectivity index (χ3n) is 2.09. The lowest BCUT2D eigenvalue weighted by molar-refractivity contribution is -0.140. The number of carbonyl (C=O) groups excluding carboxylic acids is 1. The Hall–Kier alpha value is -0.970. The Labute approximate surface area is 87.0 Å². The fraction of sp³-hybridized carbons (Fsp3) is 0.750. The molecule has 2 heteroatoms. The maximum atomic E-state index is 10.7. The Morgan fingerprint density at radius 1 is 1.14 bits per heavy atom. The van der Waals surface area contributed by atoms with Crippen molar-refractivity contribution < 1.29 is 9.53 Å². The summed E-state index contributed by atoms with van der Waals surface area (Å²) in [5.41, 5.74) is 0. The molecule has 14 heavy (non-hydrogen) atoms. The molecule has 0 atom stereocenters. The lowest BCUT2D eigenvalue weighted by atomic mass is 10.1. The van der Waals surface area contributed by atoms with E-state index in [1.54, 1.807) is 0 Å². The van der Waals surface area contributed by atoms with Gasteiger partial charge in [0.25, 0.3) is 0 Å². The van der Waals surface area contributed by atoms with E-state index in [4.69, 9.17) is 0 Å². The molecule has 0 N–H and O–H groups in total.